The van der Waals surface area contributed by atoms with Crippen molar-refractivity contribution in [3.63, 3.8) is 0 Å². The molecule has 0 bridgehead atoms. The van der Waals surface area contributed by atoms with Gasteiger partial charge >= 0.3 is 11.9 Å². The SMILES string of the molecule is CC(C)C(OC(=O)C1CCC(C(=O)OC(C(C)C)C(C)C)CC1)C(C)C. The Morgan fingerprint density at radius 1 is 0.577 bits per heavy atom. The number of hydrogen-bond donors (Lipinski definition) is 0. The van der Waals surface area contributed by atoms with Crippen molar-refractivity contribution in [1.29, 1.82) is 0 Å². The van der Waals surface area contributed by atoms with E-state index in [1.165, 1.54) is 0 Å². The van der Waals surface area contributed by atoms with E-state index in [1.54, 1.807) is 0 Å². The summed E-state index contributed by atoms with van der Waals surface area (Å²) in [6, 6.07) is 0. The first-order valence-corrected chi connectivity index (χ1v) is 10.5. The molecule has 26 heavy (non-hydrogen) atoms. The summed E-state index contributed by atoms with van der Waals surface area (Å²) in [5.41, 5.74) is 0. The van der Waals surface area contributed by atoms with Crippen LogP contribution in [0.4, 0.5) is 0 Å². The molecular weight excluding hydrogens is 328 g/mol. The highest BCUT2D eigenvalue weighted by atomic mass is 16.5. The van der Waals surface area contributed by atoms with E-state index >= 15 is 0 Å². The Labute approximate surface area is 160 Å². The first kappa shape index (κ1) is 23.0. The fourth-order valence-electron chi connectivity index (χ4n) is 4.11. The molecule has 1 fully saturated rings. The van der Waals surface area contributed by atoms with Gasteiger partial charge in [0.15, 0.2) is 0 Å². The van der Waals surface area contributed by atoms with E-state index in [-0.39, 0.29) is 36.0 Å². The van der Waals surface area contributed by atoms with Crippen LogP contribution in [0, 0.1) is 35.5 Å². The third-order valence-electron chi connectivity index (χ3n) is 5.53. The third kappa shape index (κ3) is 6.59. The molecule has 0 spiro atoms. The topological polar surface area (TPSA) is 52.6 Å². The van der Waals surface area contributed by atoms with E-state index < -0.39 is 0 Å². The van der Waals surface area contributed by atoms with E-state index in [2.05, 4.69) is 55.4 Å². The van der Waals surface area contributed by atoms with Crippen LogP contribution in [0.3, 0.4) is 0 Å². The maximum atomic E-state index is 12.5. The summed E-state index contributed by atoms with van der Waals surface area (Å²) < 4.78 is 11.6. The lowest BCUT2D eigenvalue weighted by atomic mass is 9.82. The molecule has 1 aliphatic rings. The number of rotatable bonds is 8. The zero-order chi connectivity index (χ0) is 20.0. The van der Waals surface area contributed by atoms with E-state index in [9.17, 15) is 9.59 Å². The quantitative estimate of drug-likeness (QED) is 0.550. The number of carbonyl (C=O) groups excluding carboxylic acids is 2. The van der Waals surface area contributed by atoms with Crippen molar-refractivity contribution in [2.24, 2.45) is 35.5 Å². The van der Waals surface area contributed by atoms with E-state index in [1.807, 2.05) is 0 Å². The van der Waals surface area contributed by atoms with Crippen molar-refractivity contribution in [2.75, 3.05) is 0 Å². The van der Waals surface area contributed by atoms with Gasteiger partial charge in [0.1, 0.15) is 12.2 Å². The Bertz CT molecular complexity index is 387. The highest BCUT2D eigenvalue weighted by Gasteiger charge is 2.35. The molecule has 1 saturated carbocycles. The first-order valence-electron chi connectivity index (χ1n) is 10.5. The van der Waals surface area contributed by atoms with Gasteiger partial charge in [-0.1, -0.05) is 55.4 Å². The number of ether oxygens (including phenoxy) is 2. The third-order valence-corrected chi connectivity index (χ3v) is 5.53. The lowest BCUT2D eigenvalue weighted by Crippen LogP contribution is -2.36. The number of hydrogen-bond acceptors (Lipinski definition) is 4. The van der Waals surface area contributed by atoms with Crippen LogP contribution in [0.1, 0.15) is 81.1 Å². The monoisotopic (exact) mass is 368 g/mol. The van der Waals surface area contributed by atoms with Gasteiger partial charge in [-0.25, -0.2) is 0 Å². The highest BCUT2D eigenvalue weighted by Crippen LogP contribution is 2.32. The average molecular weight is 369 g/mol. The summed E-state index contributed by atoms with van der Waals surface area (Å²) in [4.78, 5) is 25.0. The lowest BCUT2D eigenvalue weighted by molar-refractivity contribution is -0.165. The van der Waals surface area contributed by atoms with Crippen LogP contribution >= 0.6 is 0 Å². The van der Waals surface area contributed by atoms with Gasteiger partial charge < -0.3 is 9.47 Å². The zero-order valence-electron chi connectivity index (χ0n) is 18.1. The Hall–Kier alpha value is -1.06. The Morgan fingerprint density at radius 2 is 0.808 bits per heavy atom. The molecule has 0 atom stereocenters. The standard InChI is InChI=1S/C22H40O4/c1-13(2)19(14(3)4)25-21(23)17-9-11-18(12-10-17)22(24)26-20(15(5)6)16(7)8/h13-20H,9-12H2,1-8H3. The molecule has 1 aliphatic carbocycles. The summed E-state index contributed by atoms with van der Waals surface area (Å²) >= 11 is 0. The van der Waals surface area contributed by atoms with Crippen molar-refractivity contribution >= 4 is 11.9 Å². The van der Waals surface area contributed by atoms with Gasteiger partial charge in [0.05, 0.1) is 11.8 Å². The minimum absolute atomic E-state index is 0.0389. The maximum absolute atomic E-state index is 12.5. The molecule has 0 aromatic heterocycles. The minimum Gasteiger partial charge on any atom is -0.462 e. The van der Waals surface area contributed by atoms with E-state index in [4.69, 9.17) is 9.47 Å². The molecule has 0 amide bonds. The second kappa shape index (κ2) is 10.3. The first-order chi connectivity index (χ1) is 12.0. The van der Waals surface area contributed by atoms with E-state index in [0.29, 0.717) is 23.7 Å². The average Bonchev–Trinajstić information content (AvgIpc) is 2.55. The van der Waals surface area contributed by atoms with Gasteiger partial charge in [-0.2, -0.15) is 0 Å². The molecule has 1 rings (SSSR count). The predicted molar refractivity (Wildman–Crippen MR) is 105 cm³/mol. The van der Waals surface area contributed by atoms with Gasteiger partial charge in [-0.05, 0) is 49.4 Å². The molecule has 0 N–H and O–H groups in total. The molecule has 0 radical (unpaired) electrons. The van der Waals surface area contributed by atoms with E-state index in [0.717, 1.165) is 25.7 Å². The van der Waals surface area contributed by atoms with Crippen LogP contribution < -0.4 is 0 Å². The van der Waals surface area contributed by atoms with Gasteiger partial charge in [0.25, 0.3) is 0 Å². The van der Waals surface area contributed by atoms with Crippen molar-refractivity contribution in [3.05, 3.63) is 0 Å². The highest BCUT2D eigenvalue weighted by molar-refractivity contribution is 5.75. The lowest BCUT2D eigenvalue weighted by Gasteiger charge is -2.32. The molecule has 152 valence electrons. The number of carbonyl (C=O) groups is 2. The normalized spacial score (nSPS) is 21.3. The predicted octanol–water partition coefficient (Wildman–Crippen LogP) is 5.24. The van der Waals surface area contributed by atoms with Crippen LogP contribution in [-0.4, -0.2) is 24.1 Å². The van der Waals surface area contributed by atoms with Crippen LogP contribution in [-0.2, 0) is 19.1 Å². The smallest absolute Gasteiger partial charge is 0.309 e. The van der Waals surface area contributed by atoms with Crippen molar-refractivity contribution in [2.45, 2.75) is 93.3 Å². The molecule has 4 nitrogen and oxygen atoms in total. The second-order valence-electron chi connectivity index (χ2n) is 9.33. The second-order valence-corrected chi connectivity index (χ2v) is 9.33. The summed E-state index contributed by atoms with van der Waals surface area (Å²) in [5, 5.41) is 0. The molecule has 4 heteroatoms. The summed E-state index contributed by atoms with van der Waals surface area (Å²) in [6.45, 7) is 16.7. The van der Waals surface area contributed by atoms with Crippen molar-refractivity contribution in [1.82, 2.24) is 0 Å². The Morgan fingerprint density at radius 3 is 1.00 bits per heavy atom. The van der Waals surface area contributed by atoms with Crippen LogP contribution in [0.25, 0.3) is 0 Å². The fraction of sp³-hybridized carbons (Fsp3) is 0.909. The maximum Gasteiger partial charge on any atom is 0.309 e. The summed E-state index contributed by atoms with van der Waals surface area (Å²) in [6.07, 6.45) is 2.79. The summed E-state index contributed by atoms with van der Waals surface area (Å²) in [5.74, 6) is 0.917. The largest absolute Gasteiger partial charge is 0.462 e. The Balaban J connectivity index is 2.53. The minimum atomic E-state index is -0.0912. The Kier molecular flexibility index (Phi) is 9.12. The summed E-state index contributed by atoms with van der Waals surface area (Å²) in [7, 11) is 0. The molecular formula is C22H40O4. The molecule has 0 aromatic carbocycles. The van der Waals surface area contributed by atoms with Crippen molar-refractivity contribution < 1.29 is 19.1 Å². The zero-order valence-corrected chi connectivity index (χ0v) is 18.1. The van der Waals surface area contributed by atoms with Crippen molar-refractivity contribution in [3.8, 4) is 0 Å². The molecule has 0 unspecified atom stereocenters. The molecule has 0 aliphatic heterocycles. The molecule has 0 saturated heterocycles. The van der Waals surface area contributed by atoms with Crippen LogP contribution in [0.2, 0.25) is 0 Å². The van der Waals surface area contributed by atoms with Crippen LogP contribution in [0.5, 0.6) is 0 Å². The fourth-order valence-corrected chi connectivity index (χ4v) is 4.11. The molecule has 0 heterocycles. The molecule has 0 aromatic rings. The number of esters is 2. The van der Waals surface area contributed by atoms with Gasteiger partial charge in [0, 0.05) is 0 Å². The van der Waals surface area contributed by atoms with Crippen LogP contribution in [0.15, 0.2) is 0 Å². The van der Waals surface area contributed by atoms with Gasteiger partial charge in [-0.3, -0.25) is 9.59 Å². The van der Waals surface area contributed by atoms with Gasteiger partial charge in [0.2, 0.25) is 0 Å². The van der Waals surface area contributed by atoms with Gasteiger partial charge in [-0.15, -0.1) is 0 Å².